The Balaban J connectivity index is 2.03. The van der Waals surface area contributed by atoms with Gasteiger partial charge in [0.2, 0.25) is 0 Å². The Kier molecular flexibility index (Phi) is 5.43. The minimum absolute atomic E-state index is 0.0511. The van der Waals surface area contributed by atoms with Crippen molar-refractivity contribution in [3.8, 4) is 0 Å². The smallest absolute Gasteiger partial charge is 0.255 e. The van der Waals surface area contributed by atoms with E-state index in [4.69, 9.17) is 22.7 Å². The number of carbonyl (C=O) groups is 1. The van der Waals surface area contributed by atoms with Gasteiger partial charge in [-0.05, 0) is 25.0 Å². The number of nitrogens with two attached hydrogens (primary N) is 1. The van der Waals surface area contributed by atoms with Crippen molar-refractivity contribution in [2.75, 3.05) is 19.7 Å². The molecule has 0 spiro atoms. The number of thiocarbonyl (C=S) groups is 1. The van der Waals surface area contributed by atoms with E-state index >= 15 is 0 Å². The van der Waals surface area contributed by atoms with E-state index in [2.05, 4.69) is 4.98 Å². The van der Waals surface area contributed by atoms with Crippen molar-refractivity contribution in [2.24, 2.45) is 5.73 Å². The van der Waals surface area contributed by atoms with Gasteiger partial charge in [0.1, 0.15) is 0 Å². The van der Waals surface area contributed by atoms with E-state index in [0.29, 0.717) is 30.1 Å². The molecule has 1 unspecified atom stereocenters. The fraction of sp³-hybridized carbons (Fsp3) is 0.500. The van der Waals surface area contributed by atoms with Crippen LogP contribution in [0.1, 0.15) is 29.6 Å². The second-order valence-electron chi connectivity index (χ2n) is 4.84. The van der Waals surface area contributed by atoms with E-state index in [0.717, 1.165) is 19.4 Å². The Bertz CT molecular complexity index is 461. The molecular formula is C14H19N3O2S. The summed E-state index contributed by atoms with van der Waals surface area (Å²) in [4.78, 5) is 18.7. The maximum atomic E-state index is 12.5. The molecule has 108 valence electrons. The van der Waals surface area contributed by atoms with Crippen LogP contribution in [0, 0.1) is 0 Å². The Labute approximate surface area is 124 Å². The van der Waals surface area contributed by atoms with Crippen LogP contribution in [0.15, 0.2) is 24.5 Å². The van der Waals surface area contributed by atoms with Crippen LogP contribution in [0.3, 0.4) is 0 Å². The number of nitrogens with zero attached hydrogens (tertiary/aromatic N) is 2. The number of carbonyl (C=O) groups excluding carboxylic acids is 1. The number of pyridine rings is 1. The van der Waals surface area contributed by atoms with Crippen molar-refractivity contribution in [1.29, 1.82) is 0 Å². The van der Waals surface area contributed by atoms with Crippen molar-refractivity contribution in [3.63, 3.8) is 0 Å². The second-order valence-corrected chi connectivity index (χ2v) is 5.37. The summed E-state index contributed by atoms with van der Waals surface area (Å²) in [6.07, 6.45) is 5.90. The minimum Gasteiger partial charge on any atom is -0.393 e. The normalized spacial score (nSPS) is 17.9. The third-order valence-corrected chi connectivity index (χ3v) is 3.48. The molecule has 1 aromatic rings. The molecule has 1 fully saturated rings. The Hall–Kier alpha value is -1.53. The summed E-state index contributed by atoms with van der Waals surface area (Å²) >= 11 is 4.90. The zero-order valence-electron chi connectivity index (χ0n) is 11.3. The molecule has 20 heavy (non-hydrogen) atoms. The van der Waals surface area contributed by atoms with E-state index in [-0.39, 0.29) is 12.0 Å². The molecule has 0 radical (unpaired) electrons. The lowest BCUT2D eigenvalue weighted by Gasteiger charge is -2.25. The molecule has 1 aliphatic rings. The lowest BCUT2D eigenvalue weighted by Crippen LogP contribution is -2.39. The molecule has 5 nitrogen and oxygen atoms in total. The van der Waals surface area contributed by atoms with Crippen LogP contribution >= 0.6 is 12.2 Å². The van der Waals surface area contributed by atoms with E-state index < -0.39 is 0 Å². The highest BCUT2D eigenvalue weighted by Gasteiger charge is 2.23. The summed E-state index contributed by atoms with van der Waals surface area (Å²) in [5, 5.41) is 0. The number of amides is 1. The Morgan fingerprint density at radius 1 is 1.60 bits per heavy atom. The first-order chi connectivity index (χ1) is 9.66. The van der Waals surface area contributed by atoms with Gasteiger partial charge in [0.05, 0.1) is 16.7 Å². The maximum absolute atomic E-state index is 12.5. The SMILES string of the molecule is NC(=S)CCN(CC1CCCO1)C(=O)c1cccnc1. The first kappa shape index (κ1) is 14.9. The topological polar surface area (TPSA) is 68.4 Å². The number of ether oxygens (including phenoxy) is 1. The highest BCUT2D eigenvalue weighted by Crippen LogP contribution is 2.15. The molecule has 1 saturated heterocycles. The average molecular weight is 293 g/mol. The highest BCUT2D eigenvalue weighted by molar-refractivity contribution is 7.80. The lowest BCUT2D eigenvalue weighted by molar-refractivity contribution is 0.0532. The minimum atomic E-state index is -0.0511. The molecule has 1 aromatic heterocycles. The summed E-state index contributed by atoms with van der Waals surface area (Å²) in [5.74, 6) is -0.0511. The number of hydrogen-bond donors (Lipinski definition) is 1. The average Bonchev–Trinajstić information content (AvgIpc) is 2.96. The molecule has 1 amide bonds. The van der Waals surface area contributed by atoms with Gasteiger partial charge >= 0.3 is 0 Å². The molecule has 2 N–H and O–H groups in total. The standard InChI is InChI=1S/C14H19N3O2S/c15-13(20)5-7-17(10-12-4-2-8-19-12)14(18)11-3-1-6-16-9-11/h1,3,6,9,12H,2,4-5,7-8,10H2,(H2,15,20). The van der Waals surface area contributed by atoms with E-state index in [1.807, 2.05) is 0 Å². The quantitative estimate of drug-likeness (QED) is 0.803. The third kappa shape index (κ3) is 4.25. The first-order valence-electron chi connectivity index (χ1n) is 6.76. The summed E-state index contributed by atoms with van der Waals surface area (Å²) in [6.45, 7) is 1.87. The predicted octanol–water partition coefficient (Wildman–Crippen LogP) is 1.38. The van der Waals surface area contributed by atoms with Gasteiger partial charge < -0.3 is 15.4 Å². The maximum Gasteiger partial charge on any atom is 0.255 e. The van der Waals surface area contributed by atoms with E-state index in [1.54, 1.807) is 29.4 Å². The van der Waals surface area contributed by atoms with Gasteiger partial charge in [-0.3, -0.25) is 9.78 Å². The van der Waals surface area contributed by atoms with Crippen molar-refractivity contribution in [2.45, 2.75) is 25.4 Å². The van der Waals surface area contributed by atoms with Gasteiger partial charge in [-0.1, -0.05) is 12.2 Å². The molecule has 0 aromatic carbocycles. The van der Waals surface area contributed by atoms with E-state index in [1.165, 1.54) is 0 Å². The molecule has 0 bridgehead atoms. The molecular weight excluding hydrogens is 274 g/mol. The van der Waals surface area contributed by atoms with Crippen molar-refractivity contribution >= 4 is 23.1 Å². The van der Waals surface area contributed by atoms with Gasteiger partial charge in [-0.25, -0.2) is 0 Å². The Morgan fingerprint density at radius 3 is 3.05 bits per heavy atom. The molecule has 2 rings (SSSR count). The molecule has 1 aliphatic heterocycles. The van der Waals surface area contributed by atoms with Crippen LogP contribution in [0.5, 0.6) is 0 Å². The summed E-state index contributed by atoms with van der Waals surface area (Å²) in [7, 11) is 0. The van der Waals surface area contributed by atoms with Gasteiger partial charge in [-0.15, -0.1) is 0 Å². The number of hydrogen-bond acceptors (Lipinski definition) is 4. The first-order valence-corrected chi connectivity index (χ1v) is 7.17. The van der Waals surface area contributed by atoms with Crippen LogP contribution in [0.4, 0.5) is 0 Å². The Morgan fingerprint density at radius 2 is 2.45 bits per heavy atom. The lowest BCUT2D eigenvalue weighted by atomic mass is 10.2. The van der Waals surface area contributed by atoms with Gasteiger partial charge in [-0.2, -0.15) is 0 Å². The zero-order valence-corrected chi connectivity index (χ0v) is 12.1. The van der Waals surface area contributed by atoms with Gasteiger partial charge in [0.25, 0.3) is 5.91 Å². The predicted molar refractivity (Wildman–Crippen MR) is 80.5 cm³/mol. The van der Waals surface area contributed by atoms with Crippen molar-refractivity contribution in [1.82, 2.24) is 9.88 Å². The summed E-state index contributed by atoms with van der Waals surface area (Å²) in [5.41, 5.74) is 6.11. The molecule has 6 heteroatoms. The van der Waals surface area contributed by atoms with Crippen LogP contribution in [-0.2, 0) is 4.74 Å². The van der Waals surface area contributed by atoms with Crippen molar-refractivity contribution in [3.05, 3.63) is 30.1 Å². The largest absolute Gasteiger partial charge is 0.393 e. The fourth-order valence-corrected chi connectivity index (χ4v) is 2.32. The second kappa shape index (κ2) is 7.31. The third-order valence-electron chi connectivity index (χ3n) is 3.27. The van der Waals surface area contributed by atoms with Crippen LogP contribution in [0.2, 0.25) is 0 Å². The summed E-state index contributed by atoms with van der Waals surface area (Å²) in [6, 6.07) is 3.52. The zero-order chi connectivity index (χ0) is 14.4. The van der Waals surface area contributed by atoms with E-state index in [9.17, 15) is 4.79 Å². The summed E-state index contributed by atoms with van der Waals surface area (Å²) < 4.78 is 5.60. The van der Waals surface area contributed by atoms with Crippen LogP contribution in [-0.4, -0.2) is 46.6 Å². The van der Waals surface area contributed by atoms with Crippen molar-refractivity contribution < 1.29 is 9.53 Å². The van der Waals surface area contributed by atoms with Gasteiger partial charge in [0.15, 0.2) is 0 Å². The molecule has 0 aliphatic carbocycles. The highest BCUT2D eigenvalue weighted by atomic mass is 32.1. The molecule has 1 atom stereocenters. The van der Waals surface area contributed by atoms with Gasteiger partial charge in [0, 0.05) is 38.5 Å². The monoisotopic (exact) mass is 293 g/mol. The fourth-order valence-electron chi connectivity index (χ4n) is 2.23. The van der Waals surface area contributed by atoms with Crippen LogP contribution in [0.25, 0.3) is 0 Å². The molecule has 0 saturated carbocycles. The van der Waals surface area contributed by atoms with Crippen LogP contribution < -0.4 is 5.73 Å². The number of aromatic nitrogens is 1. The number of rotatable bonds is 6. The molecule has 2 heterocycles.